The van der Waals surface area contributed by atoms with E-state index in [1.54, 1.807) is 12.1 Å². The van der Waals surface area contributed by atoms with Crippen molar-refractivity contribution in [1.29, 1.82) is 0 Å². The van der Waals surface area contributed by atoms with Gasteiger partial charge < -0.3 is 5.32 Å². The number of hydrogen-bond donors (Lipinski definition) is 1. The highest BCUT2D eigenvalue weighted by molar-refractivity contribution is 8.00. The maximum Gasteiger partial charge on any atom is 0.134 e. The second kappa shape index (κ2) is 8.54. The molecule has 0 bridgehead atoms. The molecule has 0 aliphatic carbocycles. The lowest BCUT2D eigenvalue weighted by Crippen LogP contribution is -2.16. The first-order chi connectivity index (χ1) is 11.3. The van der Waals surface area contributed by atoms with Crippen LogP contribution in [0.15, 0.2) is 53.5 Å². The van der Waals surface area contributed by atoms with Crippen LogP contribution in [-0.4, -0.2) is 22.9 Å². The highest BCUT2D eigenvalue weighted by Crippen LogP contribution is 2.23. The van der Waals surface area contributed by atoms with Gasteiger partial charge in [0, 0.05) is 21.8 Å². The van der Waals surface area contributed by atoms with Gasteiger partial charge in [0.15, 0.2) is 0 Å². The molecule has 0 saturated carbocycles. The Balaban J connectivity index is 2.20. The first-order valence-electron chi connectivity index (χ1n) is 7.81. The van der Waals surface area contributed by atoms with Crippen molar-refractivity contribution in [2.24, 2.45) is 4.99 Å². The fraction of sp³-hybridized carbons (Fsp3) is 0.316. The van der Waals surface area contributed by atoms with Gasteiger partial charge in [0.25, 0.3) is 0 Å². The van der Waals surface area contributed by atoms with Crippen LogP contribution in [0.3, 0.4) is 0 Å². The van der Waals surface area contributed by atoms with Crippen LogP contribution < -0.4 is 5.32 Å². The van der Waals surface area contributed by atoms with E-state index in [0.29, 0.717) is 23.1 Å². The summed E-state index contributed by atoms with van der Waals surface area (Å²) >= 11 is 8.16. The van der Waals surface area contributed by atoms with Crippen LogP contribution in [0, 0.1) is 5.82 Å². The Labute approximate surface area is 152 Å². The van der Waals surface area contributed by atoms with Gasteiger partial charge in [-0.3, -0.25) is 4.99 Å². The SMILES string of the molecule is CC(C)(C)SCCN=C(Nc1cccc(F)c1)c1ccccc1Cl. The van der Waals surface area contributed by atoms with Crippen LogP contribution in [0.1, 0.15) is 26.3 Å². The highest BCUT2D eigenvalue weighted by atomic mass is 35.5. The lowest BCUT2D eigenvalue weighted by molar-refractivity contribution is 0.628. The topological polar surface area (TPSA) is 24.4 Å². The fourth-order valence-corrected chi connectivity index (χ4v) is 3.08. The van der Waals surface area contributed by atoms with E-state index < -0.39 is 0 Å². The number of aliphatic imine (C=N–C) groups is 1. The molecule has 24 heavy (non-hydrogen) atoms. The molecule has 128 valence electrons. The van der Waals surface area contributed by atoms with E-state index in [2.05, 4.69) is 31.1 Å². The van der Waals surface area contributed by atoms with Gasteiger partial charge in [0.2, 0.25) is 0 Å². The number of nitrogens with zero attached hydrogens (tertiary/aromatic N) is 1. The van der Waals surface area contributed by atoms with Crippen molar-refractivity contribution in [2.75, 3.05) is 17.6 Å². The normalized spacial score (nSPS) is 12.3. The van der Waals surface area contributed by atoms with Crippen LogP contribution in [0.25, 0.3) is 0 Å². The maximum absolute atomic E-state index is 13.4. The molecule has 0 spiro atoms. The Kier molecular flexibility index (Phi) is 6.69. The summed E-state index contributed by atoms with van der Waals surface area (Å²) in [5.41, 5.74) is 1.46. The maximum atomic E-state index is 13.4. The van der Waals surface area contributed by atoms with Crippen molar-refractivity contribution in [2.45, 2.75) is 25.5 Å². The van der Waals surface area contributed by atoms with Crippen molar-refractivity contribution >= 4 is 34.9 Å². The third-order valence-electron chi connectivity index (χ3n) is 3.11. The highest BCUT2D eigenvalue weighted by Gasteiger charge is 2.11. The number of benzene rings is 2. The minimum absolute atomic E-state index is 0.204. The second-order valence-electron chi connectivity index (χ2n) is 6.31. The van der Waals surface area contributed by atoms with E-state index in [0.717, 1.165) is 11.3 Å². The monoisotopic (exact) mass is 364 g/mol. The summed E-state index contributed by atoms with van der Waals surface area (Å²) in [5, 5.41) is 3.81. The predicted octanol–water partition coefficient (Wildman–Crippen LogP) is 5.87. The summed E-state index contributed by atoms with van der Waals surface area (Å²) in [6.07, 6.45) is 0. The van der Waals surface area contributed by atoms with Gasteiger partial charge >= 0.3 is 0 Å². The molecule has 2 nitrogen and oxygen atoms in total. The zero-order valence-corrected chi connectivity index (χ0v) is 15.7. The third kappa shape index (κ3) is 6.17. The second-order valence-corrected chi connectivity index (χ2v) is 8.64. The molecule has 0 heterocycles. The number of anilines is 1. The summed E-state index contributed by atoms with van der Waals surface area (Å²) in [7, 11) is 0. The van der Waals surface area contributed by atoms with Gasteiger partial charge in [-0.05, 0) is 30.3 Å². The van der Waals surface area contributed by atoms with Crippen molar-refractivity contribution in [1.82, 2.24) is 0 Å². The Morgan fingerprint density at radius 1 is 1.17 bits per heavy atom. The van der Waals surface area contributed by atoms with Gasteiger partial charge in [-0.2, -0.15) is 11.8 Å². The number of rotatable bonds is 5. The number of hydrogen-bond acceptors (Lipinski definition) is 2. The van der Waals surface area contributed by atoms with Crippen molar-refractivity contribution in [3.8, 4) is 0 Å². The van der Waals surface area contributed by atoms with Crippen molar-refractivity contribution < 1.29 is 4.39 Å². The molecular weight excluding hydrogens is 343 g/mol. The summed E-state index contributed by atoms with van der Waals surface area (Å²) < 4.78 is 13.6. The van der Waals surface area contributed by atoms with Gasteiger partial charge in [-0.1, -0.05) is 50.6 Å². The summed E-state index contributed by atoms with van der Waals surface area (Å²) in [5.74, 6) is 1.27. The number of halogens is 2. The molecule has 0 saturated heterocycles. The minimum atomic E-state index is -0.290. The van der Waals surface area contributed by atoms with Crippen LogP contribution in [-0.2, 0) is 0 Å². The van der Waals surface area contributed by atoms with E-state index in [4.69, 9.17) is 11.6 Å². The average molecular weight is 365 g/mol. The van der Waals surface area contributed by atoms with Gasteiger partial charge in [-0.25, -0.2) is 4.39 Å². The zero-order valence-electron chi connectivity index (χ0n) is 14.1. The molecule has 0 aliphatic rings. The quantitative estimate of drug-likeness (QED) is 0.407. The largest absolute Gasteiger partial charge is 0.340 e. The van der Waals surface area contributed by atoms with Gasteiger partial charge in [0.1, 0.15) is 11.7 Å². The number of nitrogens with one attached hydrogen (secondary N) is 1. The lowest BCUT2D eigenvalue weighted by atomic mass is 10.2. The molecule has 0 atom stereocenters. The number of thioether (sulfide) groups is 1. The van der Waals surface area contributed by atoms with Crippen LogP contribution >= 0.6 is 23.4 Å². The Bertz CT molecular complexity index is 711. The van der Waals surface area contributed by atoms with Crippen LogP contribution in [0.5, 0.6) is 0 Å². The van der Waals surface area contributed by atoms with Crippen LogP contribution in [0.4, 0.5) is 10.1 Å². The zero-order chi connectivity index (χ0) is 17.6. The lowest BCUT2D eigenvalue weighted by Gasteiger charge is -2.17. The Morgan fingerprint density at radius 2 is 1.92 bits per heavy atom. The molecule has 0 amide bonds. The molecule has 0 radical (unpaired) electrons. The third-order valence-corrected chi connectivity index (χ3v) is 4.69. The summed E-state index contributed by atoms with van der Waals surface area (Å²) in [6.45, 7) is 7.20. The van der Waals surface area contributed by atoms with E-state index in [1.807, 2.05) is 36.0 Å². The Hall–Kier alpha value is -1.52. The molecule has 0 aliphatic heterocycles. The first-order valence-corrected chi connectivity index (χ1v) is 9.17. The van der Waals surface area contributed by atoms with E-state index in [-0.39, 0.29) is 10.6 Å². The summed E-state index contributed by atoms with van der Waals surface area (Å²) in [6, 6.07) is 13.8. The molecule has 1 N–H and O–H groups in total. The molecule has 0 fully saturated rings. The van der Waals surface area contributed by atoms with Crippen molar-refractivity contribution in [3.63, 3.8) is 0 Å². The number of amidine groups is 1. The standard InChI is InChI=1S/C19H22ClFN2S/c1-19(2,3)24-12-11-22-18(16-9-4-5-10-17(16)20)23-15-8-6-7-14(21)13-15/h4-10,13H,11-12H2,1-3H3,(H,22,23). The van der Waals surface area contributed by atoms with E-state index >= 15 is 0 Å². The molecular formula is C19H22ClFN2S. The minimum Gasteiger partial charge on any atom is -0.340 e. The molecule has 2 aromatic rings. The first kappa shape index (κ1) is 18.8. The van der Waals surface area contributed by atoms with Gasteiger partial charge in [0.05, 0.1) is 11.6 Å². The smallest absolute Gasteiger partial charge is 0.134 e. The average Bonchev–Trinajstić information content (AvgIpc) is 2.50. The Morgan fingerprint density at radius 3 is 2.58 bits per heavy atom. The molecule has 2 rings (SSSR count). The molecule has 0 unspecified atom stereocenters. The summed E-state index contributed by atoms with van der Waals surface area (Å²) in [4.78, 5) is 4.66. The molecule has 5 heteroatoms. The predicted molar refractivity (Wildman–Crippen MR) is 105 cm³/mol. The van der Waals surface area contributed by atoms with E-state index in [1.165, 1.54) is 12.1 Å². The van der Waals surface area contributed by atoms with Crippen LogP contribution in [0.2, 0.25) is 5.02 Å². The van der Waals surface area contributed by atoms with E-state index in [9.17, 15) is 4.39 Å². The molecule has 2 aromatic carbocycles. The fourth-order valence-electron chi connectivity index (χ4n) is 2.06. The molecule has 0 aromatic heterocycles. The van der Waals surface area contributed by atoms with Gasteiger partial charge in [-0.15, -0.1) is 0 Å². The van der Waals surface area contributed by atoms with Crippen molar-refractivity contribution in [3.05, 3.63) is 64.9 Å².